The first kappa shape index (κ1) is 19.5. The number of ether oxygens (including phenoxy) is 1. The molecule has 156 valence electrons. The van der Waals surface area contributed by atoms with Crippen molar-refractivity contribution in [1.82, 2.24) is 4.98 Å². The van der Waals surface area contributed by atoms with Gasteiger partial charge in [-0.2, -0.15) is 0 Å². The number of benzene rings is 1. The Bertz CT molecular complexity index is 1280. The van der Waals surface area contributed by atoms with Crippen molar-refractivity contribution in [3.63, 3.8) is 0 Å². The zero-order valence-electron chi connectivity index (χ0n) is 16.5. The summed E-state index contributed by atoms with van der Waals surface area (Å²) in [5, 5.41) is 4.76. The molecule has 8 heteroatoms. The van der Waals surface area contributed by atoms with E-state index in [0.717, 1.165) is 11.1 Å². The zero-order valence-corrected chi connectivity index (χ0v) is 17.4. The van der Waals surface area contributed by atoms with Crippen molar-refractivity contribution in [2.75, 3.05) is 36.5 Å². The van der Waals surface area contributed by atoms with Gasteiger partial charge in [-0.25, -0.2) is 0 Å². The molecule has 1 aromatic carbocycles. The number of amides is 1. The molecule has 31 heavy (non-hydrogen) atoms. The van der Waals surface area contributed by atoms with Gasteiger partial charge in [0.15, 0.2) is 11.5 Å². The summed E-state index contributed by atoms with van der Waals surface area (Å²) in [5.41, 5.74) is 3.48. The van der Waals surface area contributed by atoms with Crippen LogP contribution in [0.1, 0.15) is 10.4 Å². The number of carbonyl (C=O) groups is 1. The first-order valence-corrected chi connectivity index (χ1v) is 10.8. The maximum absolute atomic E-state index is 12.6. The molecule has 7 nitrogen and oxygen atoms in total. The van der Waals surface area contributed by atoms with Gasteiger partial charge in [-0.3, -0.25) is 14.6 Å². The maximum atomic E-state index is 12.6. The normalized spacial score (nSPS) is 14.0. The Kier molecular flexibility index (Phi) is 5.23. The van der Waals surface area contributed by atoms with Crippen LogP contribution in [0.5, 0.6) is 0 Å². The number of morpholine rings is 1. The number of pyridine rings is 1. The molecule has 1 aliphatic rings. The van der Waals surface area contributed by atoms with Gasteiger partial charge in [0, 0.05) is 53.7 Å². The van der Waals surface area contributed by atoms with Crippen molar-refractivity contribution < 1.29 is 13.9 Å². The molecule has 1 saturated heterocycles. The van der Waals surface area contributed by atoms with Gasteiger partial charge in [0.25, 0.3) is 5.91 Å². The highest BCUT2D eigenvalue weighted by Crippen LogP contribution is 2.34. The van der Waals surface area contributed by atoms with Crippen LogP contribution in [0.25, 0.3) is 21.4 Å². The van der Waals surface area contributed by atoms with E-state index in [-0.39, 0.29) is 11.3 Å². The lowest BCUT2D eigenvalue weighted by molar-refractivity contribution is 0.102. The summed E-state index contributed by atoms with van der Waals surface area (Å²) < 4.78 is 12.1. The topological polar surface area (TPSA) is 84.7 Å². The lowest BCUT2D eigenvalue weighted by atomic mass is 10.1. The van der Waals surface area contributed by atoms with Gasteiger partial charge in [-0.15, -0.1) is 11.3 Å². The van der Waals surface area contributed by atoms with Crippen molar-refractivity contribution in [2.24, 2.45) is 0 Å². The monoisotopic (exact) mass is 433 g/mol. The number of hydrogen-bond donors (Lipinski definition) is 1. The second-order valence-electron chi connectivity index (χ2n) is 7.12. The van der Waals surface area contributed by atoms with E-state index in [1.54, 1.807) is 42.7 Å². The van der Waals surface area contributed by atoms with Gasteiger partial charge in [0.05, 0.1) is 13.2 Å². The summed E-state index contributed by atoms with van der Waals surface area (Å²) in [6, 6.07) is 12.3. The molecule has 0 atom stereocenters. The minimum Gasteiger partial charge on any atom is -0.439 e. The molecule has 0 saturated carbocycles. The first-order valence-electron chi connectivity index (χ1n) is 9.89. The Morgan fingerprint density at radius 3 is 2.55 bits per heavy atom. The molecular formula is C23H19N3O4S. The molecule has 0 spiro atoms. The summed E-state index contributed by atoms with van der Waals surface area (Å²) in [7, 11) is 0. The number of hydrogen-bond acceptors (Lipinski definition) is 7. The number of thiophene rings is 1. The van der Waals surface area contributed by atoms with E-state index in [1.807, 2.05) is 22.4 Å². The van der Waals surface area contributed by atoms with Gasteiger partial charge in [-0.05, 0) is 29.8 Å². The Hall–Kier alpha value is -3.49. The van der Waals surface area contributed by atoms with E-state index in [9.17, 15) is 9.59 Å². The maximum Gasteiger partial charge on any atom is 0.255 e. The number of nitrogens with zero attached hydrogens (tertiary/aromatic N) is 2. The smallest absolute Gasteiger partial charge is 0.255 e. The van der Waals surface area contributed by atoms with Gasteiger partial charge in [0.2, 0.25) is 5.43 Å². The molecule has 1 N–H and O–H groups in total. The fourth-order valence-electron chi connectivity index (χ4n) is 3.51. The van der Waals surface area contributed by atoms with Crippen molar-refractivity contribution in [2.45, 2.75) is 0 Å². The van der Waals surface area contributed by atoms with E-state index in [4.69, 9.17) is 9.15 Å². The van der Waals surface area contributed by atoms with E-state index in [1.165, 1.54) is 11.3 Å². The number of rotatable bonds is 4. The van der Waals surface area contributed by atoms with Crippen LogP contribution in [0, 0.1) is 0 Å². The van der Waals surface area contributed by atoms with Crippen LogP contribution in [-0.2, 0) is 4.74 Å². The summed E-state index contributed by atoms with van der Waals surface area (Å²) >= 11 is 1.37. The van der Waals surface area contributed by atoms with Gasteiger partial charge in [0.1, 0.15) is 4.70 Å². The summed E-state index contributed by atoms with van der Waals surface area (Å²) in [6.45, 7) is 2.60. The van der Waals surface area contributed by atoms with Crippen LogP contribution in [-0.4, -0.2) is 37.2 Å². The third-order valence-electron chi connectivity index (χ3n) is 5.15. The highest BCUT2D eigenvalue weighted by Gasteiger charge is 2.19. The number of nitrogens with one attached hydrogen (secondary N) is 1. The molecule has 5 rings (SSSR count). The van der Waals surface area contributed by atoms with Gasteiger partial charge < -0.3 is 19.4 Å². The minimum atomic E-state index is -0.200. The van der Waals surface area contributed by atoms with E-state index in [2.05, 4.69) is 10.3 Å². The van der Waals surface area contributed by atoms with Crippen LogP contribution in [0.2, 0.25) is 0 Å². The fourth-order valence-corrected chi connectivity index (χ4v) is 4.42. The molecule has 3 aromatic heterocycles. The van der Waals surface area contributed by atoms with E-state index < -0.39 is 0 Å². The molecule has 0 unspecified atom stereocenters. The number of fused-ring (bicyclic) bond motifs is 1. The second-order valence-corrected chi connectivity index (χ2v) is 8.00. The van der Waals surface area contributed by atoms with Crippen molar-refractivity contribution in [1.29, 1.82) is 0 Å². The lowest BCUT2D eigenvalue weighted by Crippen LogP contribution is -2.36. The van der Waals surface area contributed by atoms with Gasteiger partial charge >= 0.3 is 0 Å². The van der Waals surface area contributed by atoms with Crippen LogP contribution < -0.4 is 15.6 Å². The average Bonchev–Trinajstić information content (AvgIpc) is 3.25. The Morgan fingerprint density at radius 1 is 1.06 bits per heavy atom. The summed E-state index contributed by atoms with van der Waals surface area (Å²) in [6.07, 6.45) is 3.25. The summed E-state index contributed by atoms with van der Waals surface area (Å²) in [5.74, 6) is 0.364. The largest absolute Gasteiger partial charge is 0.439 e. The summed E-state index contributed by atoms with van der Waals surface area (Å²) in [4.78, 5) is 31.1. The van der Waals surface area contributed by atoms with Crippen LogP contribution in [0.15, 0.2) is 69.5 Å². The Labute approximate surface area is 181 Å². The Balaban J connectivity index is 1.44. The minimum absolute atomic E-state index is 0.0488. The predicted octanol–water partition coefficient (Wildman–Crippen LogP) is 4.01. The number of carbonyl (C=O) groups excluding carboxylic acids is 1. The van der Waals surface area contributed by atoms with Gasteiger partial charge in [-0.1, -0.05) is 12.1 Å². The van der Waals surface area contributed by atoms with Crippen molar-refractivity contribution in [3.05, 3.63) is 76.0 Å². The van der Waals surface area contributed by atoms with Crippen molar-refractivity contribution >= 4 is 39.1 Å². The quantitative estimate of drug-likeness (QED) is 0.524. The molecule has 1 amide bonds. The average molecular weight is 433 g/mol. The third kappa shape index (κ3) is 3.95. The van der Waals surface area contributed by atoms with Crippen LogP contribution >= 0.6 is 11.3 Å². The molecular weight excluding hydrogens is 414 g/mol. The molecule has 4 heterocycles. The molecule has 0 aliphatic carbocycles. The highest BCUT2D eigenvalue weighted by atomic mass is 32.1. The Morgan fingerprint density at radius 2 is 1.81 bits per heavy atom. The van der Waals surface area contributed by atoms with Crippen molar-refractivity contribution in [3.8, 4) is 11.1 Å². The molecule has 4 aromatic rings. The third-order valence-corrected chi connectivity index (χ3v) is 6.13. The molecule has 1 fully saturated rings. The highest BCUT2D eigenvalue weighted by molar-refractivity contribution is 7.17. The predicted molar refractivity (Wildman–Crippen MR) is 121 cm³/mol. The lowest BCUT2D eigenvalue weighted by Gasteiger charge is -2.27. The number of aromatic nitrogens is 1. The first-order chi connectivity index (χ1) is 15.2. The fraction of sp³-hybridized carbons (Fsp3) is 0.174. The van der Waals surface area contributed by atoms with E-state index >= 15 is 0 Å². The second kappa shape index (κ2) is 8.33. The number of anilines is 2. The van der Waals surface area contributed by atoms with Crippen LogP contribution in [0.4, 0.5) is 11.6 Å². The van der Waals surface area contributed by atoms with E-state index in [0.29, 0.717) is 53.7 Å². The molecule has 1 aliphatic heterocycles. The molecule has 0 radical (unpaired) electrons. The standard InChI is InChI=1S/C23H19N3O4S/c27-19-13-20(26-9-11-29-12-10-26)30-21-18(14-31-22(19)21)15-1-3-16(4-2-15)23(28)25-17-5-7-24-8-6-17/h1-8,13-14H,9-12H2,(H,24,25,28). The molecule has 0 bridgehead atoms. The SMILES string of the molecule is O=C(Nc1ccncc1)c1ccc(-c2csc3c(=O)cc(N4CCOCC4)oc23)cc1. The van der Waals surface area contributed by atoms with Crippen LogP contribution in [0.3, 0.4) is 0 Å². The zero-order chi connectivity index (χ0) is 21.2.